The van der Waals surface area contributed by atoms with Crippen LogP contribution < -0.4 is 0 Å². The molecule has 1 aliphatic heterocycles. The summed E-state index contributed by atoms with van der Waals surface area (Å²) in [4.78, 5) is 13.1. The van der Waals surface area contributed by atoms with Crippen molar-refractivity contribution in [3.63, 3.8) is 0 Å². The van der Waals surface area contributed by atoms with E-state index in [4.69, 9.17) is 9.84 Å². The summed E-state index contributed by atoms with van der Waals surface area (Å²) in [7, 11) is -0.602. The van der Waals surface area contributed by atoms with Gasteiger partial charge in [-0.15, -0.1) is 11.3 Å². The van der Waals surface area contributed by atoms with E-state index < -0.39 is 16.0 Å². The molecule has 9 heteroatoms. The van der Waals surface area contributed by atoms with Gasteiger partial charge in [0.05, 0.1) is 6.61 Å². The summed E-state index contributed by atoms with van der Waals surface area (Å²) in [5.41, 5.74) is 0. The summed E-state index contributed by atoms with van der Waals surface area (Å²) in [6, 6.07) is 1.36. The molecule has 1 atom stereocenters. The second-order valence-corrected chi connectivity index (χ2v) is 8.58. The highest BCUT2D eigenvalue weighted by Crippen LogP contribution is 2.26. The predicted octanol–water partition coefficient (Wildman–Crippen LogP) is 1.04. The van der Waals surface area contributed by atoms with E-state index in [0.717, 1.165) is 37.4 Å². The van der Waals surface area contributed by atoms with E-state index in [9.17, 15) is 13.2 Å². The fraction of sp³-hybridized carbons (Fsp3) is 0.643. The zero-order valence-corrected chi connectivity index (χ0v) is 14.9. The van der Waals surface area contributed by atoms with E-state index in [2.05, 4.69) is 4.90 Å². The summed E-state index contributed by atoms with van der Waals surface area (Å²) in [6.45, 7) is 3.66. The van der Waals surface area contributed by atoms with Crippen molar-refractivity contribution in [3.05, 3.63) is 16.3 Å². The van der Waals surface area contributed by atoms with Gasteiger partial charge in [-0.25, -0.2) is 17.5 Å². The van der Waals surface area contributed by atoms with Crippen LogP contribution in [0, 0.1) is 5.92 Å². The van der Waals surface area contributed by atoms with Gasteiger partial charge in [0.15, 0.2) is 0 Å². The summed E-state index contributed by atoms with van der Waals surface area (Å²) in [5, 5.41) is 10.6. The number of thiophene rings is 1. The zero-order valence-electron chi connectivity index (χ0n) is 13.3. The Bertz CT molecular complexity index is 643. The van der Waals surface area contributed by atoms with Crippen molar-refractivity contribution in [1.29, 1.82) is 0 Å². The first kappa shape index (κ1) is 18.3. The fourth-order valence-corrected chi connectivity index (χ4v) is 5.25. The first-order valence-corrected chi connectivity index (χ1v) is 9.66. The van der Waals surface area contributed by atoms with Crippen molar-refractivity contribution in [2.24, 2.45) is 5.92 Å². The van der Waals surface area contributed by atoms with Gasteiger partial charge in [0, 0.05) is 33.8 Å². The molecular weight excluding hydrogens is 340 g/mol. The number of likely N-dealkylation sites (tertiary alicyclic amines) is 1. The van der Waals surface area contributed by atoms with E-state index >= 15 is 0 Å². The molecule has 0 bridgehead atoms. The van der Waals surface area contributed by atoms with E-state index in [0.29, 0.717) is 13.2 Å². The average Bonchev–Trinajstić information content (AvgIpc) is 3.14. The van der Waals surface area contributed by atoms with Gasteiger partial charge in [0.25, 0.3) is 0 Å². The second kappa shape index (κ2) is 7.71. The molecule has 0 aromatic carbocycles. The van der Waals surface area contributed by atoms with E-state index in [-0.39, 0.29) is 15.7 Å². The number of carboxylic acid groups (broad SMARTS) is 1. The monoisotopic (exact) mass is 362 g/mol. The van der Waals surface area contributed by atoms with Crippen LogP contribution in [0.25, 0.3) is 0 Å². The van der Waals surface area contributed by atoms with Gasteiger partial charge in [-0.3, -0.25) is 0 Å². The Morgan fingerprint density at radius 3 is 2.96 bits per heavy atom. The highest BCUT2D eigenvalue weighted by atomic mass is 32.2. The molecule has 0 saturated carbocycles. The van der Waals surface area contributed by atoms with E-state index in [1.807, 2.05) is 0 Å². The van der Waals surface area contributed by atoms with Crippen LogP contribution in [-0.2, 0) is 14.8 Å². The van der Waals surface area contributed by atoms with Gasteiger partial charge in [-0.1, -0.05) is 0 Å². The number of hydrogen-bond acceptors (Lipinski definition) is 6. The van der Waals surface area contributed by atoms with Crippen LogP contribution in [0.15, 0.2) is 16.3 Å². The lowest BCUT2D eigenvalue weighted by molar-refractivity contribution is 0.0698. The Morgan fingerprint density at radius 1 is 1.57 bits per heavy atom. The van der Waals surface area contributed by atoms with Gasteiger partial charge in [0.2, 0.25) is 10.0 Å². The topological polar surface area (TPSA) is 87.2 Å². The molecule has 1 aromatic heterocycles. The minimum Gasteiger partial charge on any atom is -0.477 e. The molecule has 7 nitrogen and oxygen atoms in total. The third-order valence-corrected chi connectivity index (χ3v) is 6.91. The van der Waals surface area contributed by atoms with E-state index in [1.54, 1.807) is 7.11 Å². The number of sulfonamides is 1. The Kier molecular flexibility index (Phi) is 6.15. The van der Waals surface area contributed by atoms with Gasteiger partial charge < -0.3 is 14.7 Å². The third-order valence-electron chi connectivity index (χ3n) is 4.01. The largest absolute Gasteiger partial charge is 0.477 e. The molecule has 1 fully saturated rings. The van der Waals surface area contributed by atoms with Crippen LogP contribution in [-0.4, -0.2) is 75.6 Å². The number of carbonyl (C=O) groups is 1. The molecule has 2 rings (SSSR count). The maximum Gasteiger partial charge on any atom is 0.347 e. The van der Waals surface area contributed by atoms with Gasteiger partial charge in [0.1, 0.15) is 9.77 Å². The lowest BCUT2D eigenvalue weighted by Gasteiger charge is -2.21. The van der Waals surface area contributed by atoms with Crippen molar-refractivity contribution in [2.75, 3.05) is 46.9 Å². The highest BCUT2D eigenvalue weighted by molar-refractivity contribution is 7.89. The molecule has 0 amide bonds. The molecule has 1 aromatic rings. The molecule has 1 unspecified atom stereocenters. The zero-order chi connectivity index (χ0) is 17.0. The molecule has 2 heterocycles. The van der Waals surface area contributed by atoms with E-state index in [1.165, 1.54) is 22.8 Å². The molecule has 1 saturated heterocycles. The molecule has 130 valence electrons. The molecular formula is C14H22N2O5S2. The number of aromatic carboxylic acids is 1. The molecule has 0 spiro atoms. The summed E-state index contributed by atoms with van der Waals surface area (Å²) in [6.07, 6.45) is 0.930. The summed E-state index contributed by atoms with van der Waals surface area (Å²) < 4.78 is 31.5. The molecule has 1 N–H and O–H groups in total. The summed E-state index contributed by atoms with van der Waals surface area (Å²) in [5.74, 6) is -0.961. The maximum atomic E-state index is 12.6. The first-order valence-electron chi connectivity index (χ1n) is 7.34. The lowest BCUT2D eigenvalue weighted by Crippen LogP contribution is -2.34. The van der Waals surface area contributed by atoms with Gasteiger partial charge in [-0.2, -0.15) is 0 Å². The van der Waals surface area contributed by atoms with Crippen LogP contribution in [0.1, 0.15) is 16.1 Å². The smallest absolute Gasteiger partial charge is 0.347 e. The lowest BCUT2D eigenvalue weighted by atomic mass is 10.1. The molecule has 23 heavy (non-hydrogen) atoms. The van der Waals surface area contributed by atoms with Crippen LogP contribution in [0.4, 0.5) is 0 Å². The maximum absolute atomic E-state index is 12.6. The third kappa shape index (κ3) is 4.30. The average molecular weight is 362 g/mol. The number of nitrogens with zero attached hydrogens (tertiary/aromatic N) is 2. The number of carboxylic acids is 1. The van der Waals surface area contributed by atoms with Crippen LogP contribution >= 0.6 is 11.3 Å². The normalized spacial score (nSPS) is 19.5. The molecule has 0 aliphatic carbocycles. The van der Waals surface area contributed by atoms with Crippen LogP contribution in [0.2, 0.25) is 0 Å². The number of rotatable bonds is 8. The Labute approximate surface area is 140 Å². The van der Waals surface area contributed by atoms with Crippen molar-refractivity contribution in [1.82, 2.24) is 9.21 Å². The second-order valence-electron chi connectivity index (χ2n) is 5.65. The standard InChI is InChI=1S/C14H22N2O5S2/c1-15(9-11-3-5-16(10-11)6-7-21-2)23(19,20)12-4-8-22-13(12)14(17)18/h4,8,11H,3,5-7,9-10H2,1-2H3,(H,17,18). The van der Waals surface area contributed by atoms with Crippen molar-refractivity contribution >= 4 is 27.3 Å². The SMILES string of the molecule is COCCN1CCC(CN(C)S(=O)(=O)c2ccsc2C(=O)O)C1. The molecule has 0 radical (unpaired) electrons. The van der Waals surface area contributed by atoms with Crippen molar-refractivity contribution in [2.45, 2.75) is 11.3 Å². The van der Waals surface area contributed by atoms with Crippen LogP contribution in [0.3, 0.4) is 0 Å². The van der Waals surface area contributed by atoms with Crippen LogP contribution in [0.5, 0.6) is 0 Å². The van der Waals surface area contributed by atoms with Gasteiger partial charge >= 0.3 is 5.97 Å². The Morgan fingerprint density at radius 2 is 2.30 bits per heavy atom. The minimum absolute atomic E-state index is 0.119. The van der Waals surface area contributed by atoms with Gasteiger partial charge in [-0.05, 0) is 30.3 Å². The number of hydrogen-bond donors (Lipinski definition) is 1. The Balaban J connectivity index is 2.01. The summed E-state index contributed by atoms with van der Waals surface area (Å²) >= 11 is 0.927. The van der Waals surface area contributed by atoms with Crippen molar-refractivity contribution in [3.8, 4) is 0 Å². The molecule has 1 aliphatic rings. The predicted molar refractivity (Wildman–Crippen MR) is 87.5 cm³/mol. The quantitative estimate of drug-likeness (QED) is 0.743. The van der Waals surface area contributed by atoms with Crippen molar-refractivity contribution < 1.29 is 23.1 Å². The Hall–Kier alpha value is -1.00. The first-order chi connectivity index (χ1) is 10.9. The fourth-order valence-electron chi connectivity index (χ4n) is 2.77. The number of ether oxygens (including phenoxy) is 1. The number of methoxy groups -OCH3 is 1. The minimum atomic E-state index is -3.77. The highest BCUT2D eigenvalue weighted by Gasteiger charge is 2.31.